The first-order valence-corrected chi connectivity index (χ1v) is 7.92. The third kappa shape index (κ3) is 3.13. The summed E-state index contributed by atoms with van der Waals surface area (Å²) in [5.74, 6) is -0.747. The zero-order chi connectivity index (χ0) is 17.3. The molecule has 0 aromatic heterocycles. The van der Waals surface area contributed by atoms with Crippen LogP contribution in [0.15, 0.2) is 42.5 Å². The van der Waals surface area contributed by atoms with Crippen LogP contribution in [0.1, 0.15) is 40.9 Å². The molecular formula is C20H20O4. The second kappa shape index (κ2) is 6.04. The second-order valence-corrected chi connectivity index (χ2v) is 6.50. The van der Waals surface area contributed by atoms with Gasteiger partial charge in [0.15, 0.2) is 0 Å². The van der Waals surface area contributed by atoms with E-state index in [-0.39, 0.29) is 17.1 Å². The minimum atomic E-state index is -1.04. The van der Waals surface area contributed by atoms with Crippen molar-refractivity contribution in [2.45, 2.75) is 32.3 Å². The maximum absolute atomic E-state index is 11.8. The van der Waals surface area contributed by atoms with Crippen LogP contribution in [0.2, 0.25) is 0 Å². The molecule has 0 amide bonds. The average Bonchev–Trinajstić information content (AvgIpc) is 2.52. The summed E-state index contributed by atoms with van der Waals surface area (Å²) in [5.41, 5.74) is 1.65. The molecule has 24 heavy (non-hydrogen) atoms. The SMILES string of the molecule is CC1(C)C=Cc2c(O)cc(CCc3ccccc3)c(C(=O)O)c2O1. The third-order valence-corrected chi connectivity index (χ3v) is 4.14. The van der Waals surface area contributed by atoms with E-state index in [1.807, 2.05) is 50.3 Å². The van der Waals surface area contributed by atoms with Crippen molar-refractivity contribution in [3.05, 3.63) is 64.7 Å². The van der Waals surface area contributed by atoms with Gasteiger partial charge in [0.2, 0.25) is 0 Å². The molecule has 3 rings (SSSR count). The number of benzene rings is 2. The zero-order valence-electron chi connectivity index (χ0n) is 13.7. The van der Waals surface area contributed by atoms with Crippen molar-refractivity contribution in [3.8, 4) is 11.5 Å². The van der Waals surface area contributed by atoms with E-state index < -0.39 is 11.6 Å². The molecule has 4 heteroatoms. The first-order chi connectivity index (χ1) is 11.4. The van der Waals surface area contributed by atoms with Gasteiger partial charge in [0.25, 0.3) is 0 Å². The van der Waals surface area contributed by atoms with E-state index >= 15 is 0 Å². The number of fused-ring (bicyclic) bond motifs is 1. The van der Waals surface area contributed by atoms with Gasteiger partial charge >= 0.3 is 5.97 Å². The molecule has 0 fully saturated rings. The lowest BCUT2D eigenvalue weighted by atomic mass is 9.93. The highest BCUT2D eigenvalue weighted by Gasteiger charge is 2.30. The number of carboxylic acids is 1. The number of hydrogen-bond acceptors (Lipinski definition) is 3. The smallest absolute Gasteiger partial charge is 0.339 e. The van der Waals surface area contributed by atoms with Crippen LogP contribution in [0, 0.1) is 0 Å². The lowest BCUT2D eigenvalue weighted by Gasteiger charge is -2.30. The monoisotopic (exact) mass is 324 g/mol. The van der Waals surface area contributed by atoms with Crippen LogP contribution >= 0.6 is 0 Å². The first kappa shape index (κ1) is 16.1. The quantitative estimate of drug-likeness (QED) is 0.890. The lowest BCUT2D eigenvalue weighted by Crippen LogP contribution is -2.29. The van der Waals surface area contributed by atoms with E-state index in [4.69, 9.17) is 4.74 Å². The van der Waals surface area contributed by atoms with Crippen molar-refractivity contribution in [2.75, 3.05) is 0 Å². The van der Waals surface area contributed by atoms with Crippen LogP contribution in [0.25, 0.3) is 6.08 Å². The Bertz CT molecular complexity index is 804. The predicted octanol–water partition coefficient (Wildman–Crippen LogP) is 4.06. The van der Waals surface area contributed by atoms with Gasteiger partial charge in [-0.25, -0.2) is 4.79 Å². The summed E-state index contributed by atoms with van der Waals surface area (Å²) in [6.45, 7) is 3.71. The minimum absolute atomic E-state index is 0.0461. The number of rotatable bonds is 4. The molecule has 2 aromatic rings. The number of phenolic OH excluding ortho intramolecular Hbond substituents is 1. The van der Waals surface area contributed by atoms with Gasteiger partial charge in [0.05, 0.1) is 5.56 Å². The topological polar surface area (TPSA) is 66.8 Å². The normalized spacial score (nSPS) is 14.8. The number of aryl methyl sites for hydroxylation is 2. The van der Waals surface area contributed by atoms with E-state index in [1.165, 1.54) is 6.07 Å². The molecule has 0 atom stereocenters. The van der Waals surface area contributed by atoms with Gasteiger partial charge < -0.3 is 14.9 Å². The van der Waals surface area contributed by atoms with Gasteiger partial charge in [0.1, 0.15) is 22.7 Å². The first-order valence-electron chi connectivity index (χ1n) is 7.92. The number of carbonyl (C=O) groups is 1. The Morgan fingerprint density at radius 2 is 1.88 bits per heavy atom. The van der Waals surface area contributed by atoms with Crippen molar-refractivity contribution in [1.82, 2.24) is 0 Å². The van der Waals surface area contributed by atoms with Crippen LogP contribution in [0.5, 0.6) is 11.5 Å². The van der Waals surface area contributed by atoms with E-state index in [0.29, 0.717) is 24.0 Å². The van der Waals surface area contributed by atoms with Gasteiger partial charge in [-0.05, 0) is 56.0 Å². The maximum atomic E-state index is 11.8. The standard InChI is InChI=1S/C20H20O4/c1-20(2)11-10-15-16(21)12-14(17(19(22)23)18(15)24-20)9-8-13-6-4-3-5-7-13/h3-7,10-12,21H,8-9H2,1-2H3,(H,22,23). The molecule has 2 aromatic carbocycles. The average molecular weight is 324 g/mol. The molecule has 0 saturated carbocycles. The third-order valence-electron chi connectivity index (χ3n) is 4.14. The van der Waals surface area contributed by atoms with E-state index in [2.05, 4.69) is 0 Å². The summed E-state index contributed by atoms with van der Waals surface area (Å²) in [7, 11) is 0. The van der Waals surface area contributed by atoms with E-state index in [1.54, 1.807) is 6.08 Å². The van der Waals surface area contributed by atoms with Gasteiger partial charge in [0, 0.05) is 0 Å². The van der Waals surface area contributed by atoms with Gasteiger partial charge in [-0.15, -0.1) is 0 Å². The zero-order valence-corrected chi connectivity index (χ0v) is 13.7. The molecule has 0 bridgehead atoms. The molecule has 0 unspecified atom stereocenters. The summed E-state index contributed by atoms with van der Waals surface area (Å²) < 4.78 is 5.86. The number of aromatic carboxylic acids is 1. The number of aromatic hydroxyl groups is 1. The Balaban J connectivity index is 2.02. The van der Waals surface area contributed by atoms with E-state index in [9.17, 15) is 15.0 Å². The largest absolute Gasteiger partial charge is 0.507 e. The lowest BCUT2D eigenvalue weighted by molar-refractivity contribution is 0.0683. The van der Waals surface area contributed by atoms with Crippen molar-refractivity contribution in [3.63, 3.8) is 0 Å². The van der Waals surface area contributed by atoms with Crippen LogP contribution in [0.4, 0.5) is 0 Å². The maximum Gasteiger partial charge on any atom is 0.339 e. The fourth-order valence-corrected chi connectivity index (χ4v) is 2.92. The molecule has 0 radical (unpaired) electrons. The molecule has 2 N–H and O–H groups in total. The Kier molecular flexibility index (Phi) is 4.06. The molecule has 0 aliphatic carbocycles. The number of carboxylic acid groups (broad SMARTS) is 1. The van der Waals surface area contributed by atoms with Crippen molar-refractivity contribution >= 4 is 12.0 Å². The Labute approximate surface area is 141 Å². The Morgan fingerprint density at radius 3 is 2.54 bits per heavy atom. The molecule has 1 aliphatic rings. The molecular weight excluding hydrogens is 304 g/mol. The van der Waals surface area contributed by atoms with Crippen LogP contribution in [-0.4, -0.2) is 21.8 Å². The Morgan fingerprint density at radius 1 is 1.17 bits per heavy atom. The van der Waals surface area contributed by atoms with Crippen molar-refractivity contribution in [2.24, 2.45) is 0 Å². The van der Waals surface area contributed by atoms with Crippen LogP contribution in [-0.2, 0) is 12.8 Å². The summed E-state index contributed by atoms with van der Waals surface area (Å²) in [5, 5.41) is 20.0. The number of ether oxygens (including phenoxy) is 1. The molecule has 0 spiro atoms. The summed E-state index contributed by atoms with van der Waals surface area (Å²) in [6, 6.07) is 11.4. The Hall–Kier alpha value is -2.75. The van der Waals surface area contributed by atoms with Crippen LogP contribution in [0.3, 0.4) is 0 Å². The molecule has 124 valence electrons. The highest BCUT2D eigenvalue weighted by atomic mass is 16.5. The highest BCUT2D eigenvalue weighted by Crippen LogP contribution is 2.41. The summed E-state index contributed by atoms with van der Waals surface area (Å²) in [4.78, 5) is 11.8. The van der Waals surface area contributed by atoms with E-state index in [0.717, 1.165) is 5.56 Å². The summed E-state index contributed by atoms with van der Waals surface area (Å²) in [6.07, 6.45) is 4.74. The van der Waals surface area contributed by atoms with Gasteiger partial charge in [-0.3, -0.25) is 0 Å². The fraction of sp³-hybridized carbons (Fsp3) is 0.250. The number of hydrogen-bond donors (Lipinski definition) is 2. The second-order valence-electron chi connectivity index (χ2n) is 6.50. The minimum Gasteiger partial charge on any atom is -0.507 e. The molecule has 4 nitrogen and oxygen atoms in total. The number of phenols is 1. The predicted molar refractivity (Wildman–Crippen MR) is 92.7 cm³/mol. The van der Waals surface area contributed by atoms with Gasteiger partial charge in [-0.1, -0.05) is 30.3 Å². The van der Waals surface area contributed by atoms with Crippen LogP contribution < -0.4 is 4.74 Å². The molecule has 1 aliphatic heterocycles. The highest BCUT2D eigenvalue weighted by molar-refractivity contribution is 5.95. The fourth-order valence-electron chi connectivity index (χ4n) is 2.92. The van der Waals surface area contributed by atoms with Crippen molar-refractivity contribution in [1.29, 1.82) is 0 Å². The summed E-state index contributed by atoms with van der Waals surface area (Å²) >= 11 is 0. The molecule has 0 saturated heterocycles. The molecule has 1 heterocycles. The van der Waals surface area contributed by atoms with Gasteiger partial charge in [-0.2, -0.15) is 0 Å². The van der Waals surface area contributed by atoms with Crippen molar-refractivity contribution < 1.29 is 19.7 Å².